The molecule has 0 aliphatic heterocycles. The Kier molecular flexibility index (Phi) is 6.75. The van der Waals surface area contributed by atoms with Gasteiger partial charge in [-0.2, -0.15) is 0 Å². The molecule has 0 unspecified atom stereocenters. The number of hydrogen-bond acceptors (Lipinski definition) is 2. The van der Waals surface area contributed by atoms with Crippen LogP contribution >= 0.6 is 11.3 Å². The summed E-state index contributed by atoms with van der Waals surface area (Å²) in [6, 6.07) is 68.8. The van der Waals surface area contributed by atoms with Gasteiger partial charge in [-0.3, -0.25) is 0 Å². The second-order valence-electron chi connectivity index (χ2n) is 13.0. The quantitative estimate of drug-likeness (QED) is 0.179. The lowest BCUT2D eigenvalue weighted by atomic mass is 9.96. The molecule has 10 rings (SSSR count). The van der Waals surface area contributed by atoms with E-state index in [0.29, 0.717) is 0 Å². The second kappa shape index (κ2) is 11.7. The first-order chi connectivity index (χ1) is 24.7. The van der Waals surface area contributed by atoms with E-state index in [-0.39, 0.29) is 0 Å². The molecule has 0 atom stereocenters. The molecule has 10 aromatic rings. The van der Waals surface area contributed by atoms with Gasteiger partial charge in [0.15, 0.2) is 0 Å². The molecule has 0 aliphatic rings. The predicted molar refractivity (Wildman–Crippen MR) is 217 cm³/mol. The zero-order valence-corrected chi connectivity index (χ0v) is 28.1. The topological polar surface area (TPSA) is 3.24 Å². The van der Waals surface area contributed by atoms with Crippen LogP contribution in [0.2, 0.25) is 0 Å². The Morgan fingerprint density at radius 2 is 0.820 bits per heavy atom. The van der Waals surface area contributed by atoms with Gasteiger partial charge in [0, 0.05) is 36.9 Å². The molecule has 0 amide bonds. The lowest BCUT2D eigenvalue weighted by molar-refractivity contribution is 1.30. The van der Waals surface area contributed by atoms with Crippen LogP contribution < -0.4 is 4.90 Å². The molecular weight excluding hydrogens is 623 g/mol. The van der Waals surface area contributed by atoms with Crippen molar-refractivity contribution in [1.82, 2.24) is 0 Å². The van der Waals surface area contributed by atoms with Gasteiger partial charge in [-0.05, 0) is 110 Å². The molecule has 0 fully saturated rings. The van der Waals surface area contributed by atoms with Crippen LogP contribution in [-0.2, 0) is 0 Å². The summed E-state index contributed by atoms with van der Waals surface area (Å²) in [4.78, 5) is 2.41. The van der Waals surface area contributed by atoms with E-state index in [0.717, 1.165) is 11.4 Å². The summed E-state index contributed by atoms with van der Waals surface area (Å²) in [5.41, 5.74) is 8.34. The fraction of sp³-hybridized carbons (Fsp3) is 0. The van der Waals surface area contributed by atoms with Crippen LogP contribution in [0.1, 0.15) is 0 Å². The van der Waals surface area contributed by atoms with Gasteiger partial charge in [-0.25, -0.2) is 0 Å². The molecule has 0 bridgehead atoms. The highest BCUT2D eigenvalue weighted by Gasteiger charge is 2.17. The van der Waals surface area contributed by atoms with E-state index in [2.05, 4.69) is 193 Å². The number of hydrogen-bond donors (Lipinski definition) is 0. The van der Waals surface area contributed by atoms with Crippen molar-refractivity contribution in [2.24, 2.45) is 0 Å². The summed E-state index contributed by atoms with van der Waals surface area (Å²) < 4.78 is 2.63. The Hall–Kier alpha value is -6.22. The molecule has 0 aliphatic carbocycles. The highest BCUT2D eigenvalue weighted by molar-refractivity contribution is 7.25. The monoisotopic (exact) mass is 653 g/mol. The molecule has 1 nitrogen and oxygen atoms in total. The van der Waals surface area contributed by atoms with E-state index in [1.807, 2.05) is 11.3 Å². The lowest BCUT2D eigenvalue weighted by Crippen LogP contribution is -2.10. The number of benzene rings is 9. The largest absolute Gasteiger partial charge is 0.310 e. The standard InChI is InChI=1S/C48H31NS/c1-2-10-35-28-37(17-16-32(35)8-1)40-21-20-38-29-36(18-19-39(38)30-40)33-22-24-41(25-23-33)49(46-14-7-11-34-9-3-4-12-43(34)46)42-26-27-48-45(31-42)44-13-5-6-15-47(44)50-48/h1-31H. The van der Waals surface area contributed by atoms with Crippen molar-refractivity contribution in [2.45, 2.75) is 0 Å². The van der Waals surface area contributed by atoms with Crippen molar-refractivity contribution < 1.29 is 0 Å². The number of thiophene rings is 1. The fourth-order valence-electron chi connectivity index (χ4n) is 7.46. The summed E-state index contributed by atoms with van der Waals surface area (Å²) in [7, 11) is 0. The third-order valence-corrected chi connectivity index (χ3v) is 11.2. The number of fused-ring (bicyclic) bond motifs is 6. The van der Waals surface area contributed by atoms with Crippen molar-refractivity contribution in [3.05, 3.63) is 188 Å². The Bertz CT molecular complexity index is 2870. The molecule has 50 heavy (non-hydrogen) atoms. The minimum Gasteiger partial charge on any atom is -0.310 e. The number of anilines is 3. The average Bonchev–Trinajstić information content (AvgIpc) is 3.56. The molecule has 2 heteroatoms. The van der Waals surface area contributed by atoms with Crippen LogP contribution in [0.25, 0.3) is 74.7 Å². The summed E-state index contributed by atoms with van der Waals surface area (Å²) in [6.07, 6.45) is 0. The predicted octanol–water partition coefficient (Wildman–Crippen LogP) is 14.3. The minimum atomic E-state index is 1.13. The van der Waals surface area contributed by atoms with E-state index in [9.17, 15) is 0 Å². The Morgan fingerprint density at radius 1 is 0.300 bits per heavy atom. The summed E-state index contributed by atoms with van der Waals surface area (Å²) in [6.45, 7) is 0. The fourth-order valence-corrected chi connectivity index (χ4v) is 8.55. The lowest BCUT2D eigenvalue weighted by Gasteiger charge is -2.27. The van der Waals surface area contributed by atoms with Crippen molar-refractivity contribution in [2.75, 3.05) is 4.90 Å². The van der Waals surface area contributed by atoms with Gasteiger partial charge in [0.05, 0.1) is 5.69 Å². The summed E-state index contributed by atoms with van der Waals surface area (Å²) in [5.74, 6) is 0. The van der Waals surface area contributed by atoms with Crippen LogP contribution in [0.3, 0.4) is 0 Å². The Labute approximate surface area is 294 Å². The van der Waals surface area contributed by atoms with Crippen LogP contribution in [0, 0.1) is 0 Å². The molecule has 0 saturated heterocycles. The van der Waals surface area contributed by atoms with Crippen molar-refractivity contribution >= 4 is 80.9 Å². The third kappa shape index (κ3) is 4.92. The Balaban J connectivity index is 1.04. The second-order valence-corrected chi connectivity index (χ2v) is 14.1. The van der Waals surface area contributed by atoms with Gasteiger partial charge in [0.25, 0.3) is 0 Å². The normalized spacial score (nSPS) is 11.6. The van der Waals surface area contributed by atoms with Gasteiger partial charge in [0.1, 0.15) is 0 Å². The highest BCUT2D eigenvalue weighted by atomic mass is 32.1. The minimum absolute atomic E-state index is 1.13. The summed E-state index contributed by atoms with van der Waals surface area (Å²) >= 11 is 1.86. The summed E-state index contributed by atoms with van der Waals surface area (Å²) in [5, 5.41) is 10.1. The van der Waals surface area contributed by atoms with Gasteiger partial charge in [-0.15, -0.1) is 11.3 Å². The van der Waals surface area contributed by atoms with E-state index in [4.69, 9.17) is 0 Å². The molecular formula is C48H31NS. The zero-order valence-electron chi connectivity index (χ0n) is 27.3. The first-order valence-corrected chi connectivity index (χ1v) is 17.9. The first kappa shape index (κ1) is 28.8. The van der Waals surface area contributed by atoms with Crippen LogP contribution in [0.5, 0.6) is 0 Å². The molecule has 234 valence electrons. The van der Waals surface area contributed by atoms with Crippen LogP contribution in [0.4, 0.5) is 17.1 Å². The van der Waals surface area contributed by atoms with Crippen molar-refractivity contribution in [3.8, 4) is 22.3 Å². The van der Waals surface area contributed by atoms with Crippen LogP contribution in [0.15, 0.2) is 188 Å². The maximum atomic E-state index is 2.41. The third-order valence-electron chi connectivity index (χ3n) is 10.0. The van der Waals surface area contributed by atoms with Crippen LogP contribution in [-0.4, -0.2) is 0 Å². The van der Waals surface area contributed by atoms with Gasteiger partial charge >= 0.3 is 0 Å². The zero-order chi connectivity index (χ0) is 33.0. The molecule has 1 aromatic heterocycles. The molecule has 0 spiro atoms. The smallest absolute Gasteiger partial charge is 0.0540 e. The van der Waals surface area contributed by atoms with Crippen molar-refractivity contribution in [3.63, 3.8) is 0 Å². The molecule has 0 saturated carbocycles. The number of nitrogens with zero attached hydrogens (tertiary/aromatic N) is 1. The Morgan fingerprint density at radius 3 is 1.58 bits per heavy atom. The maximum Gasteiger partial charge on any atom is 0.0540 e. The first-order valence-electron chi connectivity index (χ1n) is 17.1. The molecule has 9 aromatic carbocycles. The highest BCUT2D eigenvalue weighted by Crippen LogP contribution is 2.43. The maximum absolute atomic E-state index is 2.41. The van der Waals surface area contributed by atoms with E-state index >= 15 is 0 Å². The average molecular weight is 654 g/mol. The van der Waals surface area contributed by atoms with Crippen molar-refractivity contribution in [1.29, 1.82) is 0 Å². The van der Waals surface area contributed by atoms with Gasteiger partial charge < -0.3 is 4.90 Å². The van der Waals surface area contributed by atoms with Gasteiger partial charge in [-0.1, -0.05) is 127 Å². The van der Waals surface area contributed by atoms with Gasteiger partial charge in [0.2, 0.25) is 0 Å². The SMILES string of the molecule is c1ccc2cc(-c3ccc4cc(-c5ccc(N(c6ccc7sc8ccccc8c7c6)c6cccc7ccccc67)cc5)ccc4c3)ccc2c1. The number of rotatable bonds is 5. The van der Waals surface area contributed by atoms with E-state index in [1.54, 1.807) is 0 Å². The molecule has 0 N–H and O–H groups in total. The van der Waals surface area contributed by atoms with E-state index in [1.165, 1.54) is 80.4 Å². The molecule has 0 radical (unpaired) electrons. The molecule has 1 heterocycles. The van der Waals surface area contributed by atoms with E-state index < -0.39 is 0 Å².